The van der Waals surface area contributed by atoms with Crippen LogP contribution in [0.15, 0.2) is 42.5 Å². The van der Waals surface area contributed by atoms with Gasteiger partial charge in [0.1, 0.15) is 0 Å². The molecule has 1 aromatic heterocycles. The highest BCUT2D eigenvalue weighted by Crippen LogP contribution is 2.36. The van der Waals surface area contributed by atoms with Crippen LogP contribution < -0.4 is 0 Å². The number of benzene rings is 2. The standard InChI is InChI=1S/C16H14F3NO/c1-2-20-13-6-4-3-5-11(13)12-9-10(7-8-14(12)20)15(21)16(17,18)19/h3-9,15,21H,2H2,1H3/t15-/m1/s1. The second kappa shape index (κ2) is 4.77. The van der Waals surface area contributed by atoms with E-state index in [2.05, 4.69) is 4.57 Å². The number of nitrogens with zero attached hydrogens (tertiary/aromatic N) is 1. The van der Waals surface area contributed by atoms with Crippen LogP contribution in [0.2, 0.25) is 0 Å². The van der Waals surface area contributed by atoms with E-state index < -0.39 is 12.3 Å². The first-order valence-electron chi connectivity index (χ1n) is 6.69. The van der Waals surface area contributed by atoms with Crippen molar-refractivity contribution in [2.75, 3.05) is 0 Å². The molecule has 3 aromatic rings. The average Bonchev–Trinajstić information content (AvgIpc) is 2.78. The molecule has 0 aliphatic heterocycles. The van der Waals surface area contributed by atoms with Crippen molar-refractivity contribution in [1.82, 2.24) is 4.57 Å². The number of halogens is 3. The minimum absolute atomic E-state index is 0.131. The van der Waals surface area contributed by atoms with Crippen LogP contribution >= 0.6 is 0 Å². The van der Waals surface area contributed by atoms with Crippen LogP contribution in [0, 0.1) is 0 Å². The van der Waals surface area contributed by atoms with Gasteiger partial charge in [0.15, 0.2) is 6.10 Å². The van der Waals surface area contributed by atoms with Crippen molar-refractivity contribution in [3.8, 4) is 0 Å². The van der Waals surface area contributed by atoms with Gasteiger partial charge in [-0.15, -0.1) is 0 Å². The lowest BCUT2D eigenvalue weighted by Crippen LogP contribution is -2.20. The highest BCUT2D eigenvalue weighted by Gasteiger charge is 2.39. The van der Waals surface area contributed by atoms with Gasteiger partial charge in [-0.1, -0.05) is 24.3 Å². The van der Waals surface area contributed by atoms with Crippen molar-refractivity contribution < 1.29 is 18.3 Å². The number of rotatable bonds is 2. The summed E-state index contributed by atoms with van der Waals surface area (Å²) >= 11 is 0. The maximum Gasteiger partial charge on any atom is 0.418 e. The molecule has 1 atom stereocenters. The fourth-order valence-corrected chi connectivity index (χ4v) is 2.77. The summed E-state index contributed by atoms with van der Waals surface area (Å²) < 4.78 is 40.0. The molecule has 1 N–H and O–H groups in total. The molecular weight excluding hydrogens is 279 g/mol. The fourth-order valence-electron chi connectivity index (χ4n) is 2.77. The zero-order valence-corrected chi connectivity index (χ0v) is 11.4. The van der Waals surface area contributed by atoms with E-state index in [9.17, 15) is 18.3 Å². The van der Waals surface area contributed by atoms with Gasteiger partial charge in [0.2, 0.25) is 0 Å². The maximum atomic E-state index is 12.7. The molecule has 21 heavy (non-hydrogen) atoms. The predicted molar refractivity (Wildman–Crippen MR) is 76.1 cm³/mol. The molecule has 3 rings (SSSR count). The summed E-state index contributed by atoms with van der Waals surface area (Å²) in [6.07, 6.45) is -7.11. The molecule has 2 nitrogen and oxygen atoms in total. The number of para-hydroxylation sites is 1. The summed E-state index contributed by atoms with van der Waals surface area (Å²) in [6.45, 7) is 2.72. The molecular formula is C16H14F3NO. The van der Waals surface area contributed by atoms with E-state index in [0.29, 0.717) is 0 Å². The lowest BCUT2D eigenvalue weighted by Gasteiger charge is -2.15. The monoisotopic (exact) mass is 293 g/mol. The topological polar surface area (TPSA) is 25.2 Å². The number of hydrogen-bond donors (Lipinski definition) is 1. The highest BCUT2D eigenvalue weighted by atomic mass is 19.4. The number of alkyl halides is 3. The molecule has 0 saturated heterocycles. The number of aryl methyl sites for hydroxylation is 1. The summed E-state index contributed by atoms with van der Waals surface area (Å²) in [6, 6.07) is 12.0. The molecule has 0 amide bonds. The molecule has 0 spiro atoms. The van der Waals surface area contributed by atoms with E-state index >= 15 is 0 Å². The van der Waals surface area contributed by atoms with E-state index in [-0.39, 0.29) is 5.56 Å². The van der Waals surface area contributed by atoms with Crippen LogP contribution in [0.5, 0.6) is 0 Å². The molecule has 0 bridgehead atoms. The van der Waals surface area contributed by atoms with Gasteiger partial charge in [0, 0.05) is 28.4 Å². The highest BCUT2D eigenvalue weighted by molar-refractivity contribution is 6.08. The van der Waals surface area contributed by atoms with Gasteiger partial charge in [-0.2, -0.15) is 13.2 Å². The number of hydrogen-bond acceptors (Lipinski definition) is 1. The summed E-state index contributed by atoms with van der Waals surface area (Å²) in [7, 11) is 0. The largest absolute Gasteiger partial charge is 0.418 e. The number of aliphatic hydroxyl groups is 1. The van der Waals surface area contributed by atoms with Gasteiger partial charge < -0.3 is 9.67 Å². The Kier molecular flexibility index (Phi) is 3.17. The van der Waals surface area contributed by atoms with E-state index in [1.807, 2.05) is 31.2 Å². The second-order valence-corrected chi connectivity index (χ2v) is 4.98. The van der Waals surface area contributed by atoms with Gasteiger partial charge in [0.25, 0.3) is 0 Å². The third kappa shape index (κ3) is 2.17. The third-order valence-electron chi connectivity index (χ3n) is 3.74. The lowest BCUT2D eigenvalue weighted by molar-refractivity contribution is -0.206. The first-order chi connectivity index (χ1) is 9.93. The lowest BCUT2D eigenvalue weighted by atomic mass is 10.1. The van der Waals surface area contributed by atoms with Crippen molar-refractivity contribution >= 4 is 21.8 Å². The Labute approximate surface area is 119 Å². The number of aliphatic hydroxyl groups excluding tert-OH is 1. The predicted octanol–water partition coefficient (Wildman–Crippen LogP) is 4.41. The Balaban J connectivity index is 2.29. The zero-order chi connectivity index (χ0) is 15.2. The summed E-state index contributed by atoms with van der Waals surface area (Å²) in [4.78, 5) is 0. The molecule has 0 unspecified atom stereocenters. The second-order valence-electron chi connectivity index (χ2n) is 4.98. The molecule has 0 aliphatic carbocycles. The van der Waals surface area contributed by atoms with E-state index in [4.69, 9.17) is 0 Å². The third-order valence-corrected chi connectivity index (χ3v) is 3.74. The molecule has 0 fully saturated rings. The Morgan fingerprint density at radius 1 is 1.05 bits per heavy atom. The van der Waals surface area contributed by atoms with Gasteiger partial charge in [-0.25, -0.2) is 0 Å². The summed E-state index contributed by atoms with van der Waals surface area (Å²) in [5, 5.41) is 11.0. The fraction of sp³-hybridized carbons (Fsp3) is 0.250. The smallest absolute Gasteiger partial charge is 0.379 e. The van der Waals surface area contributed by atoms with E-state index in [0.717, 1.165) is 28.4 Å². The minimum Gasteiger partial charge on any atom is -0.379 e. The summed E-state index contributed by atoms with van der Waals surface area (Å²) in [5.41, 5.74) is 1.72. The zero-order valence-electron chi connectivity index (χ0n) is 11.4. The number of aromatic nitrogens is 1. The van der Waals surface area contributed by atoms with E-state index in [1.54, 1.807) is 6.07 Å². The molecule has 110 valence electrons. The van der Waals surface area contributed by atoms with Crippen LogP contribution in [0.25, 0.3) is 21.8 Å². The molecule has 1 heterocycles. The van der Waals surface area contributed by atoms with E-state index in [1.165, 1.54) is 12.1 Å². The molecule has 0 aliphatic rings. The SMILES string of the molecule is CCn1c2ccccc2c2cc([C@@H](O)C(F)(F)F)ccc21. The number of fused-ring (bicyclic) bond motifs is 3. The van der Waals surface area contributed by atoms with Crippen LogP contribution in [0.3, 0.4) is 0 Å². The van der Waals surface area contributed by atoms with Crippen LogP contribution in [-0.2, 0) is 6.54 Å². The molecule has 0 saturated carbocycles. The average molecular weight is 293 g/mol. The van der Waals surface area contributed by atoms with Crippen LogP contribution in [0.1, 0.15) is 18.6 Å². The van der Waals surface area contributed by atoms with Crippen molar-refractivity contribution in [2.45, 2.75) is 25.7 Å². The Bertz CT molecular complexity index is 804. The minimum atomic E-state index is -4.66. The van der Waals surface area contributed by atoms with Crippen molar-refractivity contribution in [1.29, 1.82) is 0 Å². The van der Waals surface area contributed by atoms with Gasteiger partial charge in [-0.3, -0.25) is 0 Å². The Hall–Kier alpha value is -2.01. The Morgan fingerprint density at radius 3 is 2.38 bits per heavy atom. The van der Waals surface area contributed by atoms with Gasteiger partial charge in [-0.05, 0) is 30.7 Å². The van der Waals surface area contributed by atoms with Crippen molar-refractivity contribution in [2.24, 2.45) is 0 Å². The summed E-state index contributed by atoms with van der Waals surface area (Å²) in [5.74, 6) is 0. The van der Waals surface area contributed by atoms with Crippen molar-refractivity contribution in [3.05, 3.63) is 48.0 Å². The Morgan fingerprint density at radius 2 is 1.71 bits per heavy atom. The quantitative estimate of drug-likeness (QED) is 0.744. The van der Waals surface area contributed by atoms with Crippen LogP contribution in [0.4, 0.5) is 13.2 Å². The first kappa shape index (κ1) is 13.9. The molecule has 5 heteroatoms. The van der Waals surface area contributed by atoms with Crippen molar-refractivity contribution in [3.63, 3.8) is 0 Å². The normalized spacial score (nSPS) is 14.0. The molecule has 0 radical (unpaired) electrons. The molecule has 2 aromatic carbocycles. The van der Waals surface area contributed by atoms with Gasteiger partial charge in [0.05, 0.1) is 0 Å². The van der Waals surface area contributed by atoms with Crippen LogP contribution in [-0.4, -0.2) is 15.8 Å². The van der Waals surface area contributed by atoms with Gasteiger partial charge >= 0.3 is 6.18 Å². The maximum absolute atomic E-state index is 12.7. The first-order valence-corrected chi connectivity index (χ1v) is 6.69.